The van der Waals surface area contributed by atoms with E-state index in [4.69, 9.17) is 29.7 Å². The number of nitrogens with two attached hydrogens (primary N) is 1. The van der Waals surface area contributed by atoms with E-state index in [-0.39, 0.29) is 41.6 Å². The number of ether oxygens (including phenoxy) is 2. The molecule has 65 heavy (non-hydrogen) atoms. The minimum atomic E-state index is -5.56. The molecular weight excluding hydrogens is 959 g/mol. The molecule has 29 nitrogen and oxygen atoms in total. The number of anilines is 1. The summed E-state index contributed by atoms with van der Waals surface area (Å²) in [5.74, 6) is -2.61. The summed E-state index contributed by atoms with van der Waals surface area (Å²) in [7, 11) is -16.4. The quantitative estimate of drug-likeness (QED) is 0.0219. The molecule has 2 aromatic heterocycles. The van der Waals surface area contributed by atoms with Gasteiger partial charge in [0.2, 0.25) is 11.8 Å². The van der Waals surface area contributed by atoms with Crippen LogP contribution in [0.3, 0.4) is 0 Å². The van der Waals surface area contributed by atoms with Crippen LogP contribution in [0.15, 0.2) is 38.0 Å². The number of hydrogen-bond acceptors (Lipinski definition) is 23. The first-order chi connectivity index (χ1) is 30.1. The van der Waals surface area contributed by atoms with Gasteiger partial charge in [0.25, 0.3) is 0 Å². The molecule has 0 aromatic carbocycles. The van der Waals surface area contributed by atoms with E-state index in [0.29, 0.717) is 5.75 Å². The number of nitrogen functional groups attached to an aromatic ring is 1. The van der Waals surface area contributed by atoms with E-state index in [9.17, 15) is 67.5 Å². The Morgan fingerprint density at radius 3 is 2.25 bits per heavy atom. The predicted octanol–water partition coefficient (Wildman–Crippen LogP) is -2.12. The molecular formula is C32H50N7O22P3S. The maximum Gasteiger partial charge on any atom is 0.481 e. The normalized spacial score (nSPS) is 20.7. The summed E-state index contributed by atoms with van der Waals surface area (Å²) in [6, 6.07) is 0. The van der Waals surface area contributed by atoms with Gasteiger partial charge in [0, 0.05) is 43.7 Å². The molecule has 0 radical (unpaired) electrons. The van der Waals surface area contributed by atoms with Gasteiger partial charge in [-0.05, 0) is 6.08 Å². The van der Waals surface area contributed by atoms with Crippen molar-refractivity contribution in [3.05, 3.63) is 38.0 Å². The number of hydrogen-bond donors (Lipinski definition) is 11. The third-order valence-corrected chi connectivity index (χ3v) is 12.1. The van der Waals surface area contributed by atoms with Gasteiger partial charge >= 0.3 is 29.4 Å². The van der Waals surface area contributed by atoms with Crippen molar-refractivity contribution < 1.29 is 105 Å². The van der Waals surface area contributed by atoms with E-state index in [1.165, 1.54) is 20.8 Å². The van der Waals surface area contributed by atoms with Gasteiger partial charge < -0.3 is 65.8 Å². The number of fused-ring (bicyclic) bond motifs is 1. The summed E-state index contributed by atoms with van der Waals surface area (Å²) in [5.41, 5.74) is 4.26. The third kappa shape index (κ3) is 18.7. The predicted molar refractivity (Wildman–Crippen MR) is 221 cm³/mol. The molecule has 366 valence electrons. The zero-order valence-electron chi connectivity index (χ0n) is 34.6. The number of thioether (sulfide) groups is 1. The molecule has 0 bridgehead atoms. The molecule has 1 fully saturated rings. The highest BCUT2D eigenvalue weighted by Crippen LogP contribution is 2.61. The van der Waals surface area contributed by atoms with Gasteiger partial charge in [-0.15, -0.1) is 0 Å². The number of carbonyl (C=O) groups is 5. The summed E-state index contributed by atoms with van der Waals surface area (Å²) < 4.78 is 66.3. The lowest BCUT2D eigenvalue weighted by molar-refractivity contribution is -0.157. The second-order valence-electron chi connectivity index (χ2n) is 13.8. The largest absolute Gasteiger partial charge is 0.481 e. The zero-order valence-corrected chi connectivity index (χ0v) is 38.1. The van der Waals surface area contributed by atoms with Crippen LogP contribution in [0.5, 0.6) is 0 Å². The number of amides is 2. The number of esters is 1. The number of aliphatic hydroxyl groups is 4. The third-order valence-electron chi connectivity index (χ3n) is 8.24. The Labute approximate surface area is 373 Å². The maximum atomic E-state index is 12.6. The molecule has 1 aliphatic rings. The van der Waals surface area contributed by atoms with Crippen LogP contribution < -0.4 is 16.4 Å². The smallest absolute Gasteiger partial charge is 0.448 e. The highest BCUT2D eigenvalue weighted by molar-refractivity contribution is 8.13. The first-order valence-electron chi connectivity index (χ1n) is 18.4. The molecule has 5 unspecified atom stereocenters. The SMILES string of the molecule is C=CC(=O)OC(C(=O)C=C)C(O)CO.CC(=O)SCCNC(=O)CCNC(=O)C(O)C(C)(C)COP(=O)(O)OP(=O)(O)OC[C@H]1O[C@@H](n2cnc3c(N)ncnc32)[C@H](O)[C@@H]1OP(=O)(O)O. The van der Waals surface area contributed by atoms with Crippen LogP contribution in [-0.4, -0.2) is 163 Å². The Bertz CT molecular complexity index is 2160. The summed E-state index contributed by atoms with van der Waals surface area (Å²) in [6.45, 7) is 7.52. The van der Waals surface area contributed by atoms with Crippen LogP contribution in [0.2, 0.25) is 0 Å². The molecule has 3 rings (SSSR count). The van der Waals surface area contributed by atoms with Gasteiger partial charge in [0.1, 0.15) is 42.4 Å². The Balaban J connectivity index is 0.000000889. The standard InChI is InChI=1S/C23H38N7O17P3S.C9H12O5/c1-12(31)51-7-6-25-14(32)4-5-26-21(35)18(34)23(2,3)9-44-50(41,42)47-49(39,40)43-8-13-17(46-48(36,37)38)16(33)22(45-13)30-11-29-15-19(24)27-10-28-20(15)30;1-3-6(11)9(7(12)5-10)14-8(13)4-2/h10-11,13,16-18,22,33-34H,4-9H2,1-3H3,(H,25,32)(H,26,35)(H,39,40)(H,41,42)(H2,24,27,28)(H2,36,37,38);3-4,7,9-10,12H,1-2,5H2/t13-,16-,17-,18?,22-;/m1./s1. The number of aliphatic hydroxyl groups excluding tert-OH is 4. The van der Waals surface area contributed by atoms with Crippen molar-refractivity contribution in [2.75, 3.05) is 44.4 Å². The van der Waals surface area contributed by atoms with E-state index < -0.39 is 115 Å². The maximum absolute atomic E-state index is 12.6. The molecule has 0 saturated carbocycles. The average molecular weight is 1010 g/mol. The van der Waals surface area contributed by atoms with Crippen molar-refractivity contribution in [1.29, 1.82) is 0 Å². The second-order valence-corrected chi connectivity index (χ2v) is 19.3. The number of nitrogens with zero attached hydrogens (tertiary/aromatic N) is 4. The van der Waals surface area contributed by atoms with Crippen LogP contribution in [0.4, 0.5) is 5.82 Å². The Kier molecular flexibility index (Phi) is 22.3. The van der Waals surface area contributed by atoms with Gasteiger partial charge in [-0.25, -0.2) is 33.4 Å². The van der Waals surface area contributed by atoms with Crippen LogP contribution >= 0.6 is 35.2 Å². The van der Waals surface area contributed by atoms with Crippen LogP contribution in [-0.2, 0) is 65.0 Å². The van der Waals surface area contributed by atoms with Crippen molar-refractivity contribution >= 4 is 80.9 Å². The van der Waals surface area contributed by atoms with Gasteiger partial charge in [0.15, 0.2) is 34.7 Å². The topological polar surface area (TPSA) is 447 Å². The zero-order chi connectivity index (χ0) is 49.5. The second kappa shape index (κ2) is 25.3. The Morgan fingerprint density at radius 1 is 1.02 bits per heavy atom. The number of nitrogens with one attached hydrogen (secondary N) is 2. The fourth-order valence-electron chi connectivity index (χ4n) is 5.04. The van der Waals surface area contributed by atoms with Crippen molar-refractivity contribution in [1.82, 2.24) is 30.2 Å². The molecule has 0 spiro atoms. The lowest BCUT2D eigenvalue weighted by Gasteiger charge is -2.30. The number of ketones is 1. The number of phosphoric acid groups is 3. The van der Waals surface area contributed by atoms with Gasteiger partial charge in [-0.3, -0.25) is 37.3 Å². The highest BCUT2D eigenvalue weighted by atomic mass is 32.2. The van der Waals surface area contributed by atoms with Crippen molar-refractivity contribution in [2.45, 2.75) is 70.0 Å². The van der Waals surface area contributed by atoms with Gasteiger partial charge in [-0.2, -0.15) is 4.31 Å². The van der Waals surface area contributed by atoms with Gasteiger partial charge in [0.05, 0.1) is 26.1 Å². The van der Waals surface area contributed by atoms with Crippen molar-refractivity contribution in [3.63, 3.8) is 0 Å². The van der Waals surface area contributed by atoms with Gasteiger partial charge in [-0.1, -0.05) is 38.8 Å². The first kappa shape index (κ1) is 57.2. The van der Waals surface area contributed by atoms with E-state index >= 15 is 0 Å². The average Bonchev–Trinajstić information content (AvgIpc) is 3.78. The number of imidazole rings is 1. The number of rotatable bonds is 25. The Hall–Kier alpha value is -3.90. The van der Waals surface area contributed by atoms with Crippen LogP contribution in [0, 0.1) is 5.41 Å². The molecule has 12 N–H and O–H groups in total. The van der Waals surface area contributed by atoms with Crippen LogP contribution in [0.25, 0.3) is 11.2 Å². The Morgan fingerprint density at radius 2 is 1.66 bits per heavy atom. The lowest BCUT2D eigenvalue weighted by Crippen LogP contribution is -2.46. The highest BCUT2D eigenvalue weighted by Gasteiger charge is 2.50. The minimum absolute atomic E-state index is 0.0310. The lowest BCUT2D eigenvalue weighted by atomic mass is 9.87. The van der Waals surface area contributed by atoms with E-state index in [2.05, 4.69) is 52.3 Å². The molecule has 0 aliphatic carbocycles. The molecule has 1 aliphatic heterocycles. The fraction of sp³-hybridized carbons (Fsp3) is 0.562. The summed E-state index contributed by atoms with van der Waals surface area (Å²) in [5, 5.41) is 43.8. The minimum Gasteiger partial charge on any atom is -0.448 e. The molecule has 33 heteroatoms. The molecule has 3 heterocycles. The number of phosphoric ester groups is 3. The van der Waals surface area contributed by atoms with Crippen molar-refractivity contribution in [2.24, 2.45) is 5.41 Å². The molecule has 1 saturated heterocycles. The summed E-state index contributed by atoms with van der Waals surface area (Å²) >= 11 is 1.03. The van der Waals surface area contributed by atoms with E-state index in [1.54, 1.807) is 0 Å². The summed E-state index contributed by atoms with van der Waals surface area (Å²) in [4.78, 5) is 108. The fourth-order valence-corrected chi connectivity index (χ4v) is 8.36. The van der Waals surface area contributed by atoms with Crippen molar-refractivity contribution in [3.8, 4) is 0 Å². The number of carbonyl (C=O) groups excluding carboxylic acids is 5. The molecule has 2 aromatic rings. The first-order valence-corrected chi connectivity index (χ1v) is 23.9. The molecule has 2 amide bonds. The van der Waals surface area contributed by atoms with E-state index in [0.717, 1.165) is 41.1 Å². The van der Waals surface area contributed by atoms with Crippen LogP contribution in [0.1, 0.15) is 33.4 Å². The summed E-state index contributed by atoms with van der Waals surface area (Å²) in [6.07, 6.45) is -8.01. The van der Waals surface area contributed by atoms with E-state index in [1.807, 2.05) is 0 Å². The number of aromatic nitrogens is 4. The monoisotopic (exact) mass is 1010 g/mol. The molecule has 9 atom stereocenters.